The Bertz CT molecular complexity index is 556. The number of nitrogens with one attached hydrogen (secondary N) is 1. The number of halogens is 1. The zero-order chi connectivity index (χ0) is 14.0. The maximum Gasteiger partial charge on any atom is 0.152 e. The zero-order valence-electron chi connectivity index (χ0n) is 11.9. The fraction of sp³-hybridized carbons (Fsp3) is 0.571. The summed E-state index contributed by atoms with van der Waals surface area (Å²) in [4.78, 5) is 4.39. The van der Waals surface area contributed by atoms with E-state index in [1.165, 1.54) is 0 Å². The minimum absolute atomic E-state index is 0.0344. The van der Waals surface area contributed by atoms with Gasteiger partial charge in [-0.1, -0.05) is 27.7 Å². The summed E-state index contributed by atoms with van der Waals surface area (Å²) in [6.07, 6.45) is 3.64. The van der Waals surface area contributed by atoms with Crippen molar-refractivity contribution in [3.05, 3.63) is 24.2 Å². The molecule has 0 aliphatic rings. The fourth-order valence-corrected chi connectivity index (χ4v) is 1.86. The van der Waals surface area contributed by atoms with Gasteiger partial charge >= 0.3 is 0 Å². The highest BCUT2D eigenvalue weighted by Crippen LogP contribution is 2.24. The van der Waals surface area contributed by atoms with Crippen LogP contribution >= 0.6 is 11.6 Å². The summed E-state index contributed by atoms with van der Waals surface area (Å²) in [5, 5.41) is 7.95. The van der Waals surface area contributed by atoms with Crippen LogP contribution in [0.5, 0.6) is 0 Å². The first-order chi connectivity index (χ1) is 8.91. The third kappa shape index (κ3) is 3.18. The molecule has 4 nitrogen and oxygen atoms in total. The van der Waals surface area contributed by atoms with E-state index in [1.54, 1.807) is 6.20 Å². The van der Waals surface area contributed by atoms with E-state index in [0.29, 0.717) is 11.8 Å². The van der Waals surface area contributed by atoms with E-state index in [9.17, 15) is 0 Å². The molecule has 1 unspecified atom stereocenters. The van der Waals surface area contributed by atoms with Gasteiger partial charge in [-0.25, -0.2) is 9.50 Å². The molecule has 0 aliphatic heterocycles. The SMILES string of the molecule is CC(CCl)CNc1nccn2nc(C(C)(C)C)cc12. The molecule has 0 radical (unpaired) electrons. The number of aromatic nitrogens is 3. The Morgan fingerprint density at radius 1 is 1.42 bits per heavy atom. The Kier molecular flexibility index (Phi) is 3.99. The zero-order valence-corrected chi connectivity index (χ0v) is 12.7. The molecule has 0 aromatic carbocycles. The van der Waals surface area contributed by atoms with Crippen LogP contribution in [0.3, 0.4) is 0 Å². The molecule has 2 aromatic rings. The van der Waals surface area contributed by atoms with Crippen LogP contribution in [0.1, 0.15) is 33.4 Å². The number of rotatable bonds is 4. The number of alkyl halides is 1. The molecule has 0 bridgehead atoms. The van der Waals surface area contributed by atoms with Crippen molar-refractivity contribution < 1.29 is 0 Å². The van der Waals surface area contributed by atoms with E-state index in [-0.39, 0.29) is 5.41 Å². The highest BCUT2D eigenvalue weighted by atomic mass is 35.5. The van der Waals surface area contributed by atoms with Gasteiger partial charge in [-0.2, -0.15) is 5.10 Å². The molecule has 0 saturated carbocycles. The average molecular weight is 281 g/mol. The first-order valence-corrected chi connectivity index (χ1v) is 7.10. The monoisotopic (exact) mass is 280 g/mol. The average Bonchev–Trinajstić information content (AvgIpc) is 2.80. The van der Waals surface area contributed by atoms with Crippen LogP contribution in [0.2, 0.25) is 0 Å². The number of fused-ring (bicyclic) bond motifs is 1. The van der Waals surface area contributed by atoms with Crippen LogP contribution in [0, 0.1) is 5.92 Å². The van der Waals surface area contributed by atoms with Gasteiger partial charge in [-0.15, -0.1) is 11.6 Å². The van der Waals surface area contributed by atoms with Crippen molar-refractivity contribution in [3.63, 3.8) is 0 Å². The Balaban J connectivity index is 2.32. The number of hydrogen-bond acceptors (Lipinski definition) is 3. The van der Waals surface area contributed by atoms with Crippen LogP contribution in [-0.4, -0.2) is 27.0 Å². The highest BCUT2D eigenvalue weighted by Gasteiger charge is 2.19. The van der Waals surface area contributed by atoms with Gasteiger partial charge < -0.3 is 5.32 Å². The Morgan fingerprint density at radius 3 is 2.79 bits per heavy atom. The van der Waals surface area contributed by atoms with Gasteiger partial charge in [0.15, 0.2) is 5.82 Å². The molecule has 2 heterocycles. The summed E-state index contributed by atoms with van der Waals surface area (Å²) >= 11 is 5.82. The summed E-state index contributed by atoms with van der Waals surface area (Å²) in [6, 6.07) is 2.10. The lowest BCUT2D eigenvalue weighted by molar-refractivity contribution is 0.562. The van der Waals surface area contributed by atoms with Crippen molar-refractivity contribution in [3.8, 4) is 0 Å². The first-order valence-electron chi connectivity index (χ1n) is 6.56. The van der Waals surface area contributed by atoms with Crippen LogP contribution in [0.25, 0.3) is 5.52 Å². The molecule has 5 heteroatoms. The smallest absolute Gasteiger partial charge is 0.152 e. The molecule has 2 aromatic heterocycles. The molecule has 0 fully saturated rings. The van der Waals surface area contributed by atoms with E-state index in [1.807, 2.05) is 10.7 Å². The molecule has 0 saturated heterocycles. The molecule has 2 rings (SSSR count). The van der Waals surface area contributed by atoms with Crippen molar-refractivity contribution >= 4 is 22.9 Å². The quantitative estimate of drug-likeness (QED) is 0.874. The summed E-state index contributed by atoms with van der Waals surface area (Å²) in [5.41, 5.74) is 2.11. The predicted molar refractivity (Wildman–Crippen MR) is 80.1 cm³/mol. The number of nitrogens with zero attached hydrogens (tertiary/aromatic N) is 3. The van der Waals surface area contributed by atoms with E-state index < -0.39 is 0 Å². The minimum atomic E-state index is 0.0344. The second kappa shape index (κ2) is 5.37. The van der Waals surface area contributed by atoms with Crippen molar-refractivity contribution in [1.29, 1.82) is 0 Å². The molecule has 0 amide bonds. The van der Waals surface area contributed by atoms with Crippen LogP contribution in [0.15, 0.2) is 18.5 Å². The Morgan fingerprint density at radius 2 is 2.16 bits per heavy atom. The third-order valence-corrected chi connectivity index (χ3v) is 3.57. The van der Waals surface area contributed by atoms with Gasteiger partial charge in [0.05, 0.1) is 5.69 Å². The molecule has 1 N–H and O–H groups in total. The lowest BCUT2D eigenvalue weighted by Crippen LogP contribution is -2.13. The summed E-state index contributed by atoms with van der Waals surface area (Å²) in [7, 11) is 0. The normalized spacial score (nSPS) is 13.7. The first kappa shape index (κ1) is 14.1. The summed E-state index contributed by atoms with van der Waals surface area (Å²) in [6.45, 7) is 9.39. The number of hydrogen-bond donors (Lipinski definition) is 1. The number of anilines is 1. The van der Waals surface area contributed by atoms with E-state index in [4.69, 9.17) is 11.6 Å². The topological polar surface area (TPSA) is 42.2 Å². The van der Waals surface area contributed by atoms with Gasteiger partial charge in [-0.3, -0.25) is 0 Å². The van der Waals surface area contributed by atoms with Crippen LogP contribution in [-0.2, 0) is 5.41 Å². The van der Waals surface area contributed by atoms with Gasteiger partial charge in [0, 0.05) is 30.2 Å². The van der Waals surface area contributed by atoms with Crippen molar-refractivity contribution in [2.24, 2.45) is 5.92 Å². The second-order valence-corrected chi connectivity index (χ2v) is 6.33. The van der Waals surface area contributed by atoms with Gasteiger partial charge in [0.2, 0.25) is 0 Å². The standard InChI is InChI=1S/C14H21ClN4/c1-10(8-15)9-17-13-11-7-12(14(2,3)4)18-19(11)6-5-16-13/h5-7,10H,8-9H2,1-4H3,(H,16,17). The lowest BCUT2D eigenvalue weighted by atomic mass is 9.92. The Labute approximate surface area is 119 Å². The van der Waals surface area contributed by atoms with Crippen LogP contribution < -0.4 is 5.32 Å². The summed E-state index contributed by atoms with van der Waals surface area (Å²) in [5.74, 6) is 1.92. The molecule has 0 aliphatic carbocycles. The molecular formula is C14H21ClN4. The molecule has 104 valence electrons. The molecule has 1 atom stereocenters. The van der Waals surface area contributed by atoms with Gasteiger partial charge in [0.1, 0.15) is 5.52 Å². The largest absolute Gasteiger partial charge is 0.368 e. The highest BCUT2D eigenvalue weighted by molar-refractivity contribution is 6.18. The predicted octanol–water partition coefficient (Wildman–Crippen LogP) is 3.31. The second-order valence-electron chi connectivity index (χ2n) is 6.03. The van der Waals surface area contributed by atoms with E-state index in [0.717, 1.165) is 23.6 Å². The van der Waals surface area contributed by atoms with Crippen molar-refractivity contribution in [2.75, 3.05) is 17.7 Å². The molecule has 0 spiro atoms. The molecular weight excluding hydrogens is 260 g/mol. The molecule has 19 heavy (non-hydrogen) atoms. The maximum absolute atomic E-state index is 5.82. The fourth-order valence-electron chi connectivity index (χ4n) is 1.75. The minimum Gasteiger partial charge on any atom is -0.368 e. The maximum atomic E-state index is 5.82. The van der Waals surface area contributed by atoms with E-state index in [2.05, 4.69) is 49.2 Å². The van der Waals surface area contributed by atoms with Crippen LogP contribution in [0.4, 0.5) is 5.82 Å². The Hall–Kier alpha value is -1.29. The van der Waals surface area contributed by atoms with Gasteiger partial charge in [-0.05, 0) is 12.0 Å². The van der Waals surface area contributed by atoms with E-state index >= 15 is 0 Å². The van der Waals surface area contributed by atoms with Gasteiger partial charge in [0.25, 0.3) is 0 Å². The lowest BCUT2D eigenvalue weighted by Gasteiger charge is -2.13. The van der Waals surface area contributed by atoms with Crippen molar-refractivity contribution in [1.82, 2.24) is 14.6 Å². The third-order valence-electron chi connectivity index (χ3n) is 3.04. The van der Waals surface area contributed by atoms with Crippen molar-refractivity contribution in [2.45, 2.75) is 33.1 Å². The summed E-state index contributed by atoms with van der Waals surface area (Å²) < 4.78 is 1.88.